The Morgan fingerprint density at radius 3 is 2.52 bits per heavy atom. The van der Waals surface area contributed by atoms with Crippen LogP contribution in [0.5, 0.6) is 0 Å². The molecule has 21 heavy (non-hydrogen) atoms. The van der Waals surface area contributed by atoms with Crippen LogP contribution >= 0.6 is 11.3 Å². The van der Waals surface area contributed by atoms with E-state index >= 15 is 0 Å². The second kappa shape index (κ2) is 5.99. The second-order valence-corrected chi connectivity index (χ2v) is 5.92. The number of anilines is 1. The molecule has 104 valence electrons. The van der Waals surface area contributed by atoms with Crippen LogP contribution in [0.2, 0.25) is 0 Å². The minimum Gasteiger partial charge on any atom is -0.366 e. The number of fused-ring (bicyclic) bond motifs is 1. The first kappa shape index (κ1) is 13.7. The summed E-state index contributed by atoms with van der Waals surface area (Å²) in [5.41, 5.74) is 1.93. The molecule has 2 aromatic carbocycles. The van der Waals surface area contributed by atoms with Gasteiger partial charge >= 0.3 is 0 Å². The number of nitrogens with zero attached hydrogens (tertiary/aromatic N) is 2. The minimum atomic E-state index is 0.738. The van der Waals surface area contributed by atoms with Crippen molar-refractivity contribution in [2.24, 2.45) is 0 Å². The summed E-state index contributed by atoms with van der Waals surface area (Å²) in [7, 11) is 0. The Kier molecular flexibility index (Phi) is 3.89. The zero-order chi connectivity index (χ0) is 14.7. The van der Waals surface area contributed by atoms with Crippen molar-refractivity contribution in [2.45, 2.75) is 13.5 Å². The fourth-order valence-corrected chi connectivity index (χ4v) is 3.33. The second-order valence-electron chi connectivity index (χ2n) is 4.88. The molecule has 0 spiro atoms. The van der Waals surface area contributed by atoms with E-state index in [4.69, 9.17) is 0 Å². The number of rotatable bonds is 4. The maximum atomic E-state index is 9.27. The van der Waals surface area contributed by atoms with Crippen molar-refractivity contribution in [2.75, 3.05) is 11.4 Å². The maximum absolute atomic E-state index is 9.27. The van der Waals surface area contributed by atoms with Gasteiger partial charge in [-0.25, -0.2) is 0 Å². The number of hydrogen-bond donors (Lipinski definition) is 0. The van der Waals surface area contributed by atoms with Crippen LogP contribution < -0.4 is 4.90 Å². The predicted molar refractivity (Wildman–Crippen MR) is 89.7 cm³/mol. The van der Waals surface area contributed by atoms with Gasteiger partial charge in [0.05, 0.1) is 18.2 Å². The van der Waals surface area contributed by atoms with Gasteiger partial charge in [0.2, 0.25) is 0 Å². The fourth-order valence-electron chi connectivity index (χ4n) is 2.61. The van der Waals surface area contributed by atoms with E-state index in [-0.39, 0.29) is 0 Å². The molecule has 0 fully saturated rings. The van der Waals surface area contributed by atoms with Gasteiger partial charge in [0, 0.05) is 27.9 Å². The Labute approximate surface area is 128 Å². The van der Waals surface area contributed by atoms with E-state index in [1.807, 2.05) is 24.3 Å². The zero-order valence-electron chi connectivity index (χ0n) is 11.9. The lowest BCUT2D eigenvalue weighted by Crippen LogP contribution is -2.21. The van der Waals surface area contributed by atoms with Crippen molar-refractivity contribution in [1.82, 2.24) is 0 Å². The first-order chi connectivity index (χ1) is 10.3. The fraction of sp³-hybridized carbons (Fsp3) is 0.167. The first-order valence-electron chi connectivity index (χ1n) is 7.02. The standard InChI is InChI=1S/C18H16N2S/c1-2-20(13-15-6-5-11-21-15)18-10-9-14(12-19)16-7-3-4-8-17(16)18/h3-11H,2,13H2,1H3. The molecule has 3 heteroatoms. The molecule has 0 unspecified atom stereocenters. The van der Waals surface area contributed by atoms with E-state index in [9.17, 15) is 5.26 Å². The molecule has 1 aromatic heterocycles. The van der Waals surface area contributed by atoms with Crippen LogP contribution in [0.15, 0.2) is 53.9 Å². The van der Waals surface area contributed by atoms with E-state index in [1.165, 1.54) is 10.6 Å². The highest BCUT2D eigenvalue weighted by atomic mass is 32.1. The van der Waals surface area contributed by atoms with Crippen LogP contribution in [0, 0.1) is 11.3 Å². The summed E-state index contributed by atoms with van der Waals surface area (Å²) in [4.78, 5) is 3.71. The largest absolute Gasteiger partial charge is 0.366 e. The predicted octanol–water partition coefficient (Wildman–Crippen LogP) is 4.80. The Hall–Kier alpha value is -2.31. The highest BCUT2D eigenvalue weighted by molar-refractivity contribution is 7.09. The van der Waals surface area contributed by atoms with E-state index < -0.39 is 0 Å². The van der Waals surface area contributed by atoms with Gasteiger partial charge in [-0.05, 0) is 30.5 Å². The number of thiophene rings is 1. The van der Waals surface area contributed by atoms with Gasteiger partial charge in [0.25, 0.3) is 0 Å². The minimum absolute atomic E-state index is 0.738. The van der Waals surface area contributed by atoms with E-state index in [1.54, 1.807) is 11.3 Å². The van der Waals surface area contributed by atoms with Crippen LogP contribution in [0.1, 0.15) is 17.4 Å². The quantitative estimate of drug-likeness (QED) is 0.690. The number of benzene rings is 2. The zero-order valence-corrected chi connectivity index (χ0v) is 12.7. The Morgan fingerprint density at radius 2 is 1.86 bits per heavy atom. The Bertz CT molecular complexity index is 785. The van der Waals surface area contributed by atoms with Crippen molar-refractivity contribution in [3.8, 4) is 6.07 Å². The monoisotopic (exact) mass is 292 g/mol. The summed E-state index contributed by atoms with van der Waals surface area (Å²) >= 11 is 1.78. The molecule has 2 nitrogen and oxygen atoms in total. The average molecular weight is 292 g/mol. The summed E-state index contributed by atoms with van der Waals surface area (Å²) in [6.45, 7) is 4.01. The van der Waals surface area contributed by atoms with Gasteiger partial charge in [-0.3, -0.25) is 0 Å². The molecule has 0 aliphatic carbocycles. The van der Waals surface area contributed by atoms with Crippen molar-refractivity contribution in [3.05, 3.63) is 64.4 Å². The highest BCUT2D eigenvalue weighted by Gasteiger charge is 2.11. The van der Waals surface area contributed by atoms with Crippen LogP contribution in [-0.2, 0) is 6.54 Å². The molecule has 0 aliphatic rings. The van der Waals surface area contributed by atoms with Gasteiger partial charge in [-0.15, -0.1) is 11.3 Å². The number of hydrogen-bond acceptors (Lipinski definition) is 3. The third kappa shape index (κ3) is 2.63. The summed E-state index contributed by atoms with van der Waals surface area (Å²) < 4.78 is 0. The van der Waals surface area contributed by atoms with Crippen LogP contribution in [-0.4, -0.2) is 6.54 Å². The smallest absolute Gasteiger partial charge is 0.0998 e. The van der Waals surface area contributed by atoms with Crippen LogP contribution in [0.4, 0.5) is 5.69 Å². The molecule has 0 bridgehead atoms. The van der Waals surface area contributed by atoms with Crippen molar-refractivity contribution >= 4 is 27.8 Å². The highest BCUT2D eigenvalue weighted by Crippen LogP contribution is 2.30. The van der Waals surface area contributed by atoms with E-state index in [2.05, 4.69) is 47.5 Å². The average Bonchev–Trinajstić information content (AvgIpc) is 3.05. The first-order valence-corrected chi connectivity index (χ1v) is 7.90. The maximum Gasteiger partial charge on any atom is 0.0998 e. The molecular formula is C18H16N2S. The molecule has 0 aliphatic heterocycles. The lowest BCUT2D eigenvalue weighted by molar-refractivity contribution is 0.847. The van der Waals surface area contributed by atoms with Gasteiger partial charge in [-0.1, -0.05) is 30.3 Å². The third-order valence-electron chi connectivity index (χ3n) is 3.67. The van der Waals surface area contributed by atoms with Gasteiger partial charge in [0.1, 0.15) is 0 Å². The Morgan fingerprint density at radius 1 is 1.05 bits per heavy atom. The molecule has 0 saturated carbocycles. The van der Waals surface area contributed by atoms with E-state index in [0.29, 0.717) is 0 Å². The summed E-state index contributed by atoms with van der Waals surface area (Å²) in [6, 6.07) is 18.7. The molecular weight excluding hydrogens is 276 g/mol. The SMILES string of the molecule is CCN(Cc1cccs1)c1ccc(C#N)c2ccccc12. The third-order valence-corrected chi connectivity index (χ3v) is 4.53. The van der Waals surface area contributed by atoms with Crippen LogP contribution in [0.25, 0.3) is 10.8 Å². The van der Waals surface area contributed by atoms with Gasteiger partial charge in [0.15, 0.2) is 0 Å². The molecule has 0 amide bonds. The summed E-state index contributed by atoms with van der Waals surface area (Å²) in [5.74, 6) is 0. The van der Waals surface area contributed by atoms with E-state index in [0.717, 1.165) is 29.4 Å². The molecule has 3 aromatic rings. The van der Waals surface area contributed by atoms with Crippen molar-refractivity contribution in [1.29, 1.82) is 5.26 Å². The molecule has 0 saturated heterocycles. The van der Waals surface area contributed by atoms with Gasteiger partial charge in [-0.2, -0.15) is 5.26 Å². The van der Waals surface area contributed by atoms with Gasteiger partial charge < -0.3 is 4.90 Å². The normalized spacial score (nSPS) is 10.5. The topological polar surface area (TPSA) is 27.0 Å². The van der Waals surface area contributed by atoms with Crippen molar-refractivity contribution < 1.29 is 0 Å². The summed E-state index contributed by atoms with van der Waals surface area (Å²) in [5, 5.41) is 13.6. The molecule has 0 atom stereocenters. The van der Waals surface area contributed by atoms with Crippen LogP contribution in [0.3, 0.4) is 0 Å². The lowest BCUT2D eigenvalue weighted by atomic mass is 10.0. The number of nitriles is 1. The Balaban J connectivity index is 2.09. The molecule has 0 N–H and O–H groups in total. The summed E-state index contributed by atoms with van der Waals surface area (Å²) in [6.07, 6.45) is 0. The molecule has 0 radical (unpaired) electrons. The lowest BCUT2D eigenvalue weighted by Gasteiger charge is -2.24. The van der Waals surface area contributed by atoms with Crippen molar-refractivity contribution in [3.63, 3.8) is 0 Å². The molecule has 1 heterocycles. The molecule has 3 rings (SSSR count).